The lowest BCUT2D eigenvalue weighted by molar-refractivity contribution is 0.0904. The van der Waals surface area contributed by atoms with Crippen molar-refractivity contribution in [2.45, 2.75) is 25.4 Å². The number of fused-ring (bicyclic) bond motifs is 1. The molecule has 0 saturated carbocycles. The lowest BCUT2D eigenvalue weighted by atomic mass is 10.1. The maximum Gasteiger partial charge on any atom is 0.138 e. The second-order valence-corrected chi connectivity index (χ2v) is 7.40. The highest BCUT2D eigenvalue weighted by Gasteiger charge is 2.18. The molecule has 1 fully saturated rings. The fraction of sp³-hybridized carbons (Fsp3) is 0.368. The van der Waals surface area contributed by atoms with Crippen molar-refractivity contribution >= 4 is 39.3 Å². The van der Waals surface area contributed by atoms with E-state index in [0.717, 1.165) is 52.2 Å². The van der Waals surface area contributed by atoms with Gasteiger partial charge in [0.05, 0.1) is 24.6 Å². The van der Waals surface area contributed by atoms with Gasteiger partial charge >= 0.3 is 0 Å². The zero-order valence-corrected chi connectivity index (χ0v) is 16.8. The van der Waals surface area contributed by atoms with Crippen LogP contribution in [0, 0.1) is 3.70 Å². The van der Waals surface area contributed by atoms with Crippen LogP contribution in [0.3, 0.4) is 0 Å². The molecule has 1 saturated heterocycles. The summed E-state index contributed by atoms with van der Waals surface area (Å²) < 4.78 is 13.7. The molecule has 0 atom stereocenters. The summed E-state index contributed by atoms with van der Waals surface area (Å²) in [5, 5.41) is 9.43. The molecule has 7 heteroatoms. The lowest BCUT2D eigenvalue weighted by Crippen LogP contribution is -2.28. The van der Waals surface area contributed by atoms with Crippen molar-refractivity contribution in [2.75, 3.05) is 25.6 Å². The Labute approximate surface area is 166 Å². The minimum Gasteiger partial charge on any atom is -0.497 e. The summed E-state index contributed by atoms with van der Waals surface area (Å²) in [6, 6.07) is 10.5. The third-order valence-electron chi connectivity index (χ3n) is 4.68. The number of hydrogen-bond acceptors (Lipinski definition) is 5. The average Bonchev–Trinajstić information content (AvgIpc) is 3.00. The SMILES string of the molecule is COc1ccc(Cn2nc(I)c3c(NC4CCOCC4)nccc32)cc1. The van der Waals surface area contributed by atoms with Gasteiger partial charge in [-0.15, -0.1) is 0 Å². The molecule has 0 amide bonds. The van der Waals surface area contributed by atoms with E-state index >= 15 is 0 Å². The van der Waals surface area contributed by atoms with Crippen LogP contribution in [0.15, 0.2) is 36.5 Å². The number of ether oxygens (including phenoxy) is 2. The molecule has 2 aromatic heterocycles. The van der Waals surface area contributed by atoms with Crippen LogP contribution in [0.2, 0.25) is 0 Å². The zero-order valence-electron chi connectivity index (χ0n) is 14.6. The molecule has 136 valence electrons. The van der Waals surface area contributed by atoms with Crippen molar-refractivity contribution in [2.24, 2.45) is 0 Å². The van der Waals surface area contributed by atoms with Gasteiger partial charge in [0.15, 0.2) is 0 Å². The summed E-state index contributed by atoms with van der Waals surface area (Å²) >= 11 is 2.30. The maximum atomic E-state index is 5.45. The molecule has 6 nitrogen and oxygen atoms in total. The number of methoxy groups -OCH3 is 1. The molecule has 0 bridgehead atoms. The van der Waals surface area contributed by atoms with Crippen LogP contribution in [0.4, 0.5) is 5.82 Å². The van der Waals surface area contributed by atoms with E-state index in [9.17, 15) is 0 Å². The minimum absolute atomic E-state index is 0.405. The topological polar surface area (TPSA) is 61.2 Å². The van der Waals surface area contributed by atoms with Crippen molar-refractivity contribution in [3.8, 4) is 5.75 Å². The van der Waals surface area contributed by atoms with E-state index in [-0.39, 0.29) is 0 Å². The highest BCUT2D eigenvalue weighted by atomic mass is 127. The van der Waals surface area contributed by atoms with E-state index in [2.05, 4.69) is 45.0 Å². The molecule has 1 N–H and O–H groups in total. The molecular weight excluding hydrogens is 443 g/mol. The molecule has 26 heavy (non-hydrogen) atoms. The van der Waals surface area contributed by atoms with Gasteiger partial charge in [-0.05, 0) is 59.2 Å². The van der Waals surface area contributed by atoms with Gasteiger partial charge in [0.2, 0.25) is 0 Å². The zero-order chi connectivity index (χ0) is 17.9. The van der Waals surface area contributed by atoms with Crippen LogP contribution in [-0.2, 0) is 11.3 Å². The normalized spacial score (nSPS) is 15.3. The van der Waals surface area contributed by atoms with Crippen LogP contribution in [0.5, 0.6) is 5.75 Å². The first-order valence-corrected chi connectivity index (χ1v) is 9.80. The van der Waals surface area contributed by atoms with Crippen molar-refractivity contribution in [3.05, 3.63) is 45.8 Å². The van der Waals surface area contributed by atoms with Gasteiger partial charge in [-0.3, -0.25) is 4.68 Å². The number of anilines is 1. The van der Waals surface area contributed by atoms with E-state index in [4.69, 9.17) is 14.6 Å². The number of benzene rings is 1. The fourth-order valence-corrected chi connectivity index (χ4v) is 4.04. The summed E-state index contributed by atoms with van der Waals surface area (Å²) in [6.07, 6.45) is 3.87. The van der Waals surface area contributed by atoms with Crippen LogP contribution < -0.4 is 10.1 Å². The fourth-order valence-electron chi connectivity index (χ4n) is 3.25. The second kappa shape index (κ2) is 7.79. The van der Waals surface area contributed by atoms with Crippen LogP contribution >= 0.6 is 22.6 Å². The van der Waals surface area contributed by atoms with Crippen molar-refractivity contribution in [3.63, 3.8) is 0 Å². The van der Waals surface area contributed by atoms with Crippen molar-refractivity contribution in [1.29, 1.82) is 0 Å². The monoisotopic (exact) mass is 464 g/mol. The molecule has 0 unspecified atom stereocenters. The highest BCUT2D eigenvalue weighted by Crippen LogP contribution is 2.28. The van der Waals surface area contributed by atoms with Gasteiger partial charge in [-0.25, -0.2) is 4.98 Å². The molecule has 3 aromatic rings. The summed E-state index contributed by atoms with van der Waals surface area (Å²) in [5.41, 5.74) is 2.28. The predicted octanol–water partition coefficient (Wildman–Crippen LogP) is 3.68. The molecule has 0 aliphatic carbocycles. The van der Waals surface area contributed by atoms with E-state index in [1.165, 1.54) is 5.56 Å². The first-order valence-electron chi connectivity index (χ1n) is 8.73. The summed E-state index contributed by atoms with van der Waals surface area (Å²) in [6.45, 7) is 2.33. The molecule has 0 spiro atoms. The first kappa shape index (κ1) is 17.5. The van der Waals surface area contributed by atoms with E-state index in [1.807, 2.05) is 29.1 Å². The van der Waals surface area contributed by atoms with Gasteiger partial charge < -0.3 is 14.8 Å². The predicted molar refractivity (Wildman–Crippen MR) is 110 cm³/mol. The van der Waals surface area contributed by atoms with E-state index < -0.39 is 0 Å². The standard InChI is InChI=1S/C19H21IN4O2/c1-25-15-4-2-13(3-5-15)12-24-16-6-9-21-19(17(16)18(20)23-24)22-14-7-10-26-11-8-14/h2-6,9,14H,7-8,10-12H2,1H3,(H,21,22). The van der Waals surface area contributed by atoms with Crippen molar-refractivity contribution < 1.29 is 9.47 Å². The van der Waals surface area contributed by atoms with Crippen LogP contribution in [0.1, 0.15) is 18.4 Å². The summed E-state index contributed by atoms with van der Waals surface area (Å²) in [5.74, 6) is 1.78. The minimum atomic E-state index is 0.405. The Kier molecular flexibility index (Phi) is 5.26. The number of nitrogens with one attached hydrogen (secondary N) is 1. The van der Waals surface area contributed by atoms with Gasteiger partial charge in [0.1, 0.15) is 15.3 Å². The van der Waals surface area contributed by atoms with Crippen LogP contribution in [-0.4, -0.2) is 41.1 Å². The number of halogens is 1. The number of pyridine rings is 1. The highest BCUT2D eigenvalue weighted by molar-refractivity contribution is 14.1. The van der Waals surface area contributed by atoms with Gasteiger partial charge in [-0.2, -0.15) is 5.10 Å². The molecular formula is C19H21IN4O2. The number of hydrogen-bond donors (Lipinski definition) is 1. The van der Waals surface area contributed by atoms with E-state index in [1.54, 1.807) is 7.11 Å². The Hall–Kier alpha value is -1.87. The summed E-state index contributed by atoms with van der Waals surface area (Å²) in [4.78, 5) is 4.58. The van der Waals surface area contributed by atoms with Gasteiger partial charge in [0, 0.05) is 25.5 Å². The molecule has 1 aliphatic heterocycles. The Bertz CT molecular complexity index is 888. The summed E-state index contributed by atoms with van der Waals surface area (Å²) in [7, 11) is 1.68. The Balaban J connectivity index is 1.63. The van der Waals surface area contributed by atoms with E-state index in [0.29, 0.717) is 12.6 Å². The third kappa shape index (κ3) is 3.64. The molecule has 1 aromatic carbocycles. The first-order chi connectivity index (χ1) is 12.7. The largest absolute Gasteiger partial charge is 0.497 e. The Morgan fingerprint density at radius 1 is 1.23 bits per heavy atom. The van der Waals surface area contributed by atoms with Crippen LogP contribution in [0.25, 0.3) is 10.9 Å². The Morgan fingerprint density at radius 2 is 2.00 bits per heavy atom. The number of nitrogens with zero attached hydrogens (tertiary/aromatic N) is 3. The third-order valence-corrected chi connectivity index (χ3v) is 5.43. The number of aromatic nitrogens is 3. The smallest absolute Gasteiger partial charge is 0.138 e. The average molecular weight is 464 g/mol. The van der Waals surface area contributed by atoms with Gasteiger partial charge in [0.25, 0.3) is 0 Å². The second-order valence-electron chi connectivity index (χ2n) is 6.38. The van der Waals surface area contributed by atoms with Crippen molar-refractivity contribution in [1.82, 2.24) is 14.8 Å². The number of rotatable bonds is 5. The maximum absolute atomic E-state index is 5.45. The molecule has 0 radical (unpaired) electrons. The Morgan fingerprint density at radius 3 is 2.73 bits per heavy atom. The quantitative estimate of drug-likeness (QED) is 0.584. The molecule has 1 aliphatic rings. The lowest BCUT2D eigenvalue weighted by Gasteiger charge is -2.23. The molecule has 3 heterocycles. The van der Waals surface area contributed by atoms with Gasteiger partial charge in [-0.1, -0.05) is 12.1 Å². The molecule has 4 rings (SSSR count).